The van der Waals surface area contributed by atoms with Crippen LogP contribution in [-0.4, -0.2) is 126 Å². The van der Waals surface area contributed by atoms with E-state index in [0.717, 1.165) is 4.90 Å². The van der Waals surface area contributed by atoms with E-state index in [4.69, 9.17) is 33.4 Å². The molecule has 4 N–H and O–H groups in total. The summed E-state index contributed by atoms with van der Waals surface area (Å²) in [5.74, 6) is -0.714. The third-order valence-corrected chi connectivity index (χ3v) is 12.9. The molecule has 0 spiro atoms. The van der Waals surface area contributed by atoms with E-state index in [1.807, 2.05) is 0 Å². The number of methoxy groups -OCH3 is 2. The Morgan fingerprint density at radius 1 is 0.792 bits per heavy atom. The van der Waals surface area contributed by atoms with Crippen LogP contribution in [0.15, 0.2) is 71.7 Å². The number of pyridine rings is 2. The maximum absolute atomic E-state index is 14.4. The maximum Gasteiger partial charge on any atom is 0.409 e. The lowest BCUT2D eigenvalue weighted by Gasteiger charge is -2.25. The number of aromatic nitrogens is 2. The number of imide groups is 1. The van der Waals surface area contributed by atoms with Gasteiger partial charge in [-0.3, -0.25) is 38.7 Å². The molecule has 410 valence electrons. The number of unbranched alkanes of at least 4 members (excludes halogenated alkanes) is 2. The van der Waals surface area contributed by atoms with Gasteiger partial charge in [-0.05, 0) is 88.3 Å². The third-order valence-electron chi connectivity index (χ3n) is 12.9. The van der Waals surface area contributed by atoms with E-state index in [0.29, 0.717) is 86.1 Å². The van der Waals surface area contributed by atoms with E-state index in [9.17, 15) is 38.4 Å². The molecular formula is C55H66N8O14. The molecule has 7 amide bonds. The van der Waals surface area contributed by atoms with E-state index in [1.54, 1.807) is 101 Å². The molecule has 2 aliphatic heterocycles. The van der Waals surface area contributed by atoms with Crippen LogP contribution in [0.3, 0.4) is 0 Å². The van der Waals surface area contributed by atoms with Gasteiger partial charge in [0.05, 0.1) is 30.6 Å². The summed E-state index contributed by atoms with van der Waals surface area (Å²) in [6.45, 7) is 9.23. The summed E-state index contributed by atoms with van der Waals surface area (Å²) in [4.78, 5) is 112. The standard InChI is InChI=1S/C55H66N8O14/c1-32(2)48(60-45(64)14-10-9-11-22-62-46(65)19-20-47(62)66)51(68)59-39(13-12-21-56-53(70)77-55(3,4)5)50(67)58-34-17-15-33(16-18-34)30-74-54(71)61(6)23-24-63-49-37-27-43-44(76-31-75-43)28-40(37)57-29-38(49)35-25-41(72-7)42(73-8)26-36(35)52(63)69/h15-20,25-29,32,39,48H,9-14,21-24,30-31H2,1-8H3,(H,56,70)(H,58,67)(H,59,68)(H,60,64)/t39-,48-/m0/s1. The number of nitrogens with zero attached hydrogens (tertiary/aromatic N) is 4. The average molecular weight is 1060 g/mol. The van der Waals surface area contributed by atoms with Crippen LogP contribution in [0, 0.1) is 5.92 Å². The minimum absolute atomic E-state index is 0.0509. The van der Waals surface area contributed by atoms with Crippen LogP contribution < -0.4 is 45.8 Å². The number of ether oxygens (including phenoxy) is 6. The van der Waals surface area contributed by atoms with Crippen LogP contribution >= 0.6 is 0 Å². The number of carbonyl (C=O) groups excluding carboxylic acids is 7. The number of amides is 7. The summed E-state index contributed by atoms with van der Waals surface area (Å²) < 4.78 is 35.0. The predicted molar refractivity (Wildman–Crippen MR) is 285 cm³/mol. The first-order valence-corrected chi connectivity index (χ1v) is 25.4. The monoisotopic (exact) mass is 1060 g/mol. The van der Waals surface area contributed by atoms with E-state index in [-0.39, 0.29) is 88.0 Å². The first-order valence-electron chi connectivity index (χ1n) is 25.4. The predicted octanol–water partition coefficient (Wildman–Crippen LogP) is 6.07. The van der Waals surface area contributed by atoms with Gasteiger partial charge in [0.1, 0.15) is 24.3 Å². The molecular weight excluding hydrogens is 997 g/mol. The normalized spacial score (nSPS) is 13.7. The fraction of sp³-hybridized carbons (Fsp3) is 0.436. The Balaban J connectivity index is 0.968. The molecule has 0 saturated carbocycles. The van der Waals surface area contributed by atoms with Gasteiger partial charge in [-0.2, -0.15) is 0 Å². The average Bonchev–Trinajstić information content (AvgIpc) is 4.14. The van der Waals surface area contributed by atoms with Crippen molar-refractivity contribution in [3.05, 3.63) is 82.8 Å². The largest absolute Gasteiger partial charge is 0.493 e. The molecule has 2 aliphatic rings. The Bertz CT molecular complexity index is 3130. The lowest BCUT2D eigenvalue weighted by Crippen LogP contribution is -2.54. The first kappa shape index (κ1) is 56.3. The molecule has 0 bridgehead atoms. The van der Waals surface area contributed by atoms with E-state index < -0.39 is 41.7 Å². The smallest absolute Gasteiger partial charge is 0.409 e. The highest BCUT2D eigenvalue weighted by molar-refractivity contribution is 6.15. The summed E-state index contributed by atoms with van der Waals surface area (Å²) in [5.41, 5.74) is 1.10. The molecule has 7 rings (SSSR count). The lowest BCUT2D eigenvalue weighted by molar-refractivity contribution is -0.137. The quantitative estimate of drug-likeness (QED) is 0.0329. The second kappa shape index (κ2) is 24.9. The number of benzene rings is 3. The minimum Gasteiger partial charge on any atom is -0.493 e. The Labute approximate surface area is 444 Å². The minimum atomic E-state index is -1.09. The van der Waals surface area contributed by atoms with Crippen LogP contribution in [-0.2, 0) is 46.6 Å². The van der Waals surface area contributed by atoms with Gasteiger partial charge in [-0.15, -0.1) is 0 Å². The Kier molecular flexibility index (Phi) is 18.2. The van der Waals surface area contributed by atoms with Gasteiger partial charge in [0.15, 0.2) is 23.0 Å². The lowest BCUT2D eigenvalue weighted by atomic mass is 10.0. The van der Waals surface area contributed by atoms with Crippen LogP contribution in [0.2, 0.25) is 0 Å². The number of alkyl carbamates (subject to hydrolysis) is 1. The van der Waals surface area contributed by atoms with Crippen molar-refractivity contribution in [3.8, 4) is 23.0 Å². The van der Waals surface area contributed by atoms with Crippen LogP contribution in [0.1, 0.15) is 78.7 Å². The summed E-state index contributed by atoms with van der Waals surface area (Å²) in [6.07, 6.45) is 4.91. The third kappa shape index (κ3) is 14.1. The molecule has 0 radical (unpaired) electrons. The zero-order chi connectivity index (χ0) is 55.6. The van der Waals surface area contributed by atoms with Crippen LogP contribution in [0.4, 0.5) is 15.3 Å². The number of fused-ring (bicyclic) bond motifs is 6. The van der Waals surface area contributed by atoms with Crippen molar-refractivity contribution in [2.75, 3.05) is 53.0 Å². The summed E-state index contributed by atoms with van der Waals surface area (Å²) in [7, 11) is 4.57. The maximum atomic E-state index is 14.4. The number of rotatable bonds is 23. The van der Waals surface area contributed by atoms with E-state index >= 15 is 0 Å². The number of carbonyl (C=O) groups is 7. The van der Waals surface area contributed by atoms with Crippen molar-refractivity contribution in [3.63, 3.8) is 0 Å². The molecule has 5 aromatic rings. The van der Waals surface area contributed by atoms with Crippen molar-refractivity contribution in [1.82, 2.24) is 35.3 Å². The first-order chi connectivity index (χ1) is 36.7. The van der Waals surface area contributed by atoms with Gasteiger partial charge in [-0.1, -0.05) is 32.4 Å². The molecule has 77 heavy (non-hydrogen) atoms. The zero-order valence-corrected chi connectivity index (χ0v) is 44.6. The second-order valence-corrected chi connectivity index (χ2v) is 20.0. The Morgan fingerprint density at radius 2 is 1.47 bits per heavy atom. The summed E-state index contributed by atoms with van der Waals surface area (Å²) in [6, 6.07) is 11.4. The molecule has 0 saturated heterocycles. The molecule has 0 aliphatic carbocycles. The van der Waals surface area contributed by atoms with Crippen molar-refractivity contribution < 1.29 is 62.0 Å². The SMILES string of the molecule is COc1cc2c(=O)n(CCN(C)C(=O)OCc3ccc(NC(=O)[C@H](CCCNC(=O)OC(C)(C)C)NC(=O)[C@@H](NC(=O)CCCCCN4C(=O)C=CC4=O)C(C)C)cc3)c3c4cc5c(cc4ncc3c2cc1OC)OCO5. The molecule has 3 aromatic carbocycles. The number of likely N-dealkylation sites (N-methyl/N-ethyl adjacent to an activating group) is 1. The van der Waals surface area contributed by atoms with Crippen molar-refractivity contribution in [2.24, 2.45) is 5.92 Å². The molecule has 0 unspecified atom stereocenters. The molecule has 22 heteroatoms. The Hall–Kier alpha value is -8.43. The fourth-order valence-electron chi connectivity index (χ4n) is 8.81. The van der Waals surface area contributed by atoms with Gasteiger partial charge < -0.3 is 59.2 Å². The van der Waals surface area contributed by atoms with Crippen molar-refractivity contribution in [1.29, 1.82) is 0 Å². The molecule has 22 nitrogen and oxygen atoms in total. The van der Waals surface area contributed by atoms with Crippen molar-refractivity contribution >= 4 is 80.0 Å². The molecule has 4 heterocycles. The summed E-state index contributed by atoms with van der Waals surface area (Å²) >= 11 is 0. The van der Waals surface area contributed by atoms with Crippen LogP contribution in [0.25, 0.3) is 32.6 Å². The van der Waals surface area contributed by atoms with Gasteiger partial charge in [0, 0.05) is 85.9 Å². The number of anilines is 1. The van der Waals surface area contributed by atoms with E-state index in [1.165, 1.54) is 31.3 Å². The second-order valence-electron chi connectivity index (χ2n) is 20.0. The van der Waals surface area contributed by atoms with Gasteiger partial charge in [0.25, 0.3) is 17.4 Å². The van der Waals surface area contributed by atoms with Crippen LogP contribution in [0.5, 0.6) is 23.0 Å². The number of hydrogen-bond acceptors (Lipinski definition) is 15. The number of nitrogens with one attached hydrogen (secondary N) is 4. The molecule has 2 atom stereocenters. The Morgan fingerprint density at radius 3 is 2.13 bits per heavy atom. The van der Waals surface area contributed by atoms with Gasteiger partial charge in [-0.25, -0.2) is 9.59 Å². The highest BCUT2D eigenvalue weighted by atomic mass is 16.7. The fourth-order valence-corrected chi connectivity index (χ4v) is 8.81. The van der Waals surface area contributed by atoms with Crippen molar-refractivity contribution in [2.45, 2.75) is 104 Å². The van der Waals surface area contributed by atoms with Gasteiger partial charge in [0.2, 0.25) is 24.5 Å². The van der Waals surface area contributed by atoms with E-state index in [2.05, 4.69) is 21.3 Å². The highest BCUT2D eigenvalue weighted by Gasteiger charge is 2.30. The topological polar surface area (TPSA) is 264 Å². The molecule has 0 fully saturated rings. The number of hydrogen-bond donors (Lipinski definition) is 4. The molecule has 2 aromatic heterocycles. The summed E-state index contributed by atoms with van der Waals surface area (Å²) in [5, 5.41) is 13.4. The zero-order valence-electron chi connectivity index (χ0n) is 44.6. The highest BCUT2D eigenvalue weighted by Crippen LogP contribution is 2.40. The van der Waals surface area contributed by atoms with Gasteiger partial charge >= 0.3 is 12.2 Å².